The SMILES string of the molecule is O=S(=O)(c1cnc[nH]1)N1CCOCC1CO. The van der Waals surface area contributed by atoms with E-state index in [-0.39, 0.29) is 24.8 Å². The fourth-order valence-corrected chi connectivity index (χ4v) is 3.09. The maximum absolute atomic E-state index is 12.1. The molecule has 7 nitrogen and oxygen atoms in total. The van der Waals surface area contributed by atoms with Crippen molar-refractivity contribution < 1.29 is 18.3 Å². The van der Waals surface area contributed by atoms with Crippen molar-refractivity contribution >= 4 is 10.0 Å². The van der Waals surface area contributed by atoms with Crippen molar-refractivity contribution in [1.29, 1.82) is 0 Å². The Morgan fingerprint density at radius 2 is 2.50 bits per heavy atom. The van der Waals surface area contributed by atoms with E-state index >= 15 is 0 Å². The summed E-state index contributed by atoms with van der Waals surface area (Å²) < 4.78 is 30.6. The molecule has 0 aliphatic carbocycles. The smallest absolute Gasteiger partial charge is 0.260 e. The van der Waals surface area contributed by atoms with E-state index in [4.69, 9.17) is 9.84 Å². The minimum Gasteiger partial charge on any atom is -0.395 e. The Labute approximate surface area is 93.1 Å². The van der Waals surface area contributed by atoms with Gasteiger partial charge in [0.15, 0.2) is 5.03 Å². The molecule has 2 heterocycles. The molecule has 1 unspecified atom stereocenters. The molecule has 0 amide bonds. The highest BCUT2D eigenvalue weighted by Crippen LogP contribution is 2.18. The first-order chi connectivity index (χ1) is 7.66. The van der Waals surface area contributed by atoms with Crippen molar-refractivity contribution in [2.24, 2.45) is 0 Å². The summed E-state index contributed by atoms with van der Waals surface area (Å²) in [5, 5.41) is 9.15. The standard InChI is InChI=1S/C8H13N3O4S/c12-4-7-5-15-2-1-11(7)16(13,14)8-3-9-6-10-8/h3,6-7,12H,1-2,4-5H2,(H,9,10). The zero-order valence-electron chi connectivity index (χ0n) is 8.54. The van der Waals surface area contributed by atoms with Gasteiger partial charge in [-0.3, -0.25) is 0 Å². The van der Waals surface area contributed by atoms with Crippen LogP contribution in [0.25, 0.3) is 0 Å². The first-order valence-electron chi connectivity index (χ1n) is 4.85. The van der Waals surface area contributed by atoms with Crippen LogP contribution >= 0.6 is 0 Å². The van der Waals surface area contributed by atoms with E-state index in [1.807, 2.05) is 0 Å². The number of rotatable bonds is 3. The van der Waals surface area contributed by atoms with E-state index in [1.54, 1.807) is 0 Å². The van der Waals surface area contributed by atoms with E-state index in [9.17, 15) is 8.42 Å². The number of aromatic nitrogens is 2. The molecular weight excluding hydrogens is 234 g/mol. The third kappa shape index (κ3) is 1.96. The summed E-state index contributed by atoms with van der Waals surface area (Å²) in [6.07, 6.45) is 2.56. The van der Waals surface area contributed by atoms with Crippen LogP contribution in [-0.4, -0.2) is 60.2 Å². The normalized spacial score (nSPS) is 23.4. The molecule has 1 fully saturated rings. The number of morpholine rings is 1. The topological polar surface area (TPSA) is 95.5 Å². The Hall–Kier alpha value is -0.960. The van der Waals surface area contributed by atoms with Gasteiger partial charge in [-0.25, -0.2) is 13.4 Å². The average molecular weight is 247 g/mol. The molecule has 0 bridgehead atoms. The van der Waals surface area contributed by atoms with Crippen molar-refractivity contribution in [3.8, 4) is 0 Å². The molecular formula is C8H13N3O4S. The van der Waals surface area contributed by atoms with E-state index in [2.05, 4.69) is 9.97 Å². The van der Waals surface area contributed by atoms with Crippen LogP contribution in [0, 0.1) is 0 Å². The Balaban J connectivity index is 2.28. The number of aliphatic hydroxyl groups is 1. The zero-order chi connectivity index (χ0) is 11.6. The molecule has 0 saturated carbocycles. The predicted octanol–water partition coefficient (Wildman–Crippen LogP) is -1.21. The van der Waals surface area contributed by atoms with Gasteiger partial charge in [0, 0.05) is 6.54 Å². The predicted molar refractivity (Wildman–Crippen MR) is 54.2 cm³/mol. The van der Waals surface area contributed by atoms with Gasteiger partial charge in [0.1, 0.15) is 0 Å². The van der Waals surface area contributed by atoms with E-state index in [0.717, 1.165) is 0 Å². The summed E-state index contributed by atoms with van der Waals surface area (Å²) in [7, 11) is -3.60. The average Bonchev–Trinajstić information content (AvgIpc) is 2.83. The highest BCUT2D eigenvalue weighted by atomic mass is 32.2. The number of aromatic amines is 1. The molecule has 2 rings (SSSR count). The fourth-order valence-electron chi connectivity index (χ4n) is 1.61. The molecule has 1 aliphatic rings. The summed E-state index contributed by atoms with van der Waals surface area (Å²) in [4.78, 5) is 6.24. The lowest BCUT2D eigenvalue weighted by Gasteiger charge is -2.32. The van der Waals surface area contributed by atoms with Crippen LogP contribution < -0.4 is 0 Å². The van der Waals surface area contributed by atoms with Gasteiger partial charge in [-0.2, -0.15) is 4.31 Å². The third-order valence-corrected chi connectivity index (χ3v) is 4.32. The minimum absolute atomic E-state index is 0.0350. The number of ether oxygens (including phenoxy) is 1. The maximum Gasteiger partial charge on any atom is 0.260 e. The molecule has 0 spiro atoms. The van der Waals surface area contributed by atoms with Crippen LogP contribution in [0.15, 0.2) is 17.6 Å². The van der Waals surface area contributed by atoms with E-state index in [0.29, 0.717) is 6.61 Å². The van der Waals surface area contributed by atoms with Gasteiger partial charge in [0.25, 0.3) is 10.0 Å². The molecule has 1 atom stereocenters. The van der Waals surface area contributed by atoms with Crippen LogP contribution in [0.2, 0.25) is 0 Å². The third-order valence-electron chi connectivity index (χ3n) is 2.44. The number of nitrogens with one attached hydrogen (secondary N) is 1. The van der Waals surface area contributed by atoms with Crippen LogP contribution in [-0.2, 0) is 14.8 Å². The second-order valence-electron chi connectivity index (χ2n) is 3.44. The highest BCUT2D eigenvalue weighted by Gasteiger charge is 2.34. The number of hydrogen-bond acceptors (Lipinski definition) is 5. The lowest BCUT2D eigenvalue weighted by atomic mass is 10.3. The molecule has 90 valence electrons. The van der Waals surface area contributed by atoms with Crippen LogP contribution in [0.1, 0.15) is 0 Å². The van der Waals surface area contributed by atoms with E-state index < -0.39 is 16.1 Å². The van der Waals surface area contributed by atoms with Gasteiger partial charge in [-0.1, -0.05) is 0 Å². The van der Waals surface area contributed by atoms with E-state index in [1.165, 1.54) is 16.8 Å². The summed E-state index contributed by atoms with van der Waals surface area (Å²) in [5.41, 5.74) is 0. The number of H-pyrrole nitrogens is 1. The van der Waals surface area contributed by atoms with Crippen molar-refractivity contribution in [1.82, 2.24) is 14.3 Å². The summed E-state index contributed by atoms with van der Waals surface area (Å²) in [6.45, 7) is 0.535. The summed E-state index contributed by atoms with van der Waals surface area (Å²) >= 11 is 0. The lowest BCUT2D eigenvalue weighted by molar-refractivity contribution is 0.0108. The number of aliphatic hydroxyl groups excluding tert-OH is 1. The summed E-state index contributed by atoms with van der Waals surface area (Å²) in [5.74, 6) is 0. The second kappa shape index (κ2) is 4.50. The number of imidazole rings is 1. The molecule has 8 heteroatoms. The zero-order valence-corrected chi connectivity index (χ0v) is 9.35. The monoisotopic (exact) mass is 247 g/mol. The lowest BCUT2D eigenvalue weighted by Crippen LogP contribution is -2.50. The highest BCUT2D eigenvalue weighted by molar-refractivity contribution is 7.89. The number of nitrogens with zero attached hydrogens (tertiary/aromatic N) is 2. The molecule has 1 saturated heterocycles. The van der Waals surface area contributed by atoms with Gasteiger partial charge < -0.3 is 14.8 Å². The second-order valence-corrected chi connectivity index (χ2v) is 5.30. The number of hydrogen-bond donors (Lipinski definition) is 2. The van der Waals surface area contributed by atoms with Crippen LogP contribution in [0.5, 0.6) is 0 Å². The van der Waals surface area contributed by atoms with Gasteiger partial charge in [0.05, 0.1) is 38.4 Å². The Morgan fingerprint density at radius 1 is 1.69 bits per heavy atom. The van der Waals surface area contributed by atoms with Crippen molar-refractivity contribution in [2.75, 3.05) is 26.4 Å². The van der Waals surface area contributed by atoms with Gasteiger partial charge in [-0.05, 0) is 0 Å². The van der Waals surface area contributed by atoms with Crippen LogP contribution in [0.4, 0.5) is 0 Å². The Kier molecular flexibility index (Phi) is 3.24. The fraction of sp³-hybridized carbons (Fsp3) is 0.625. The molecule has 1 aromatic heterocycles. The first-order valence-corrected chi connectivity index (χ1v) is 6.29. The Morgan fingerprint density at radius 3 is 3.12 bits per heavy atom. The van der Waals surface area contributed by atoms with Gasteiger partial charge in [-0.15, -0.1) is 0 Å². The maximum atomic E-state index is 12.1. The molecule has 1 aromatic rings. The van der Waals surface area contributed by atoms with Crippen molar-refractivity contribution in [2.45, 2.75) is 11.1 Å². The van der Waals surface area contributed by atoms with Crippen LogP contribution in [0.3, 0.4) is 0 Å². The molecule has 16 heavy (non-hydrogen) atoms. The van der Waals surface area contributed by atoms with Gasteiger partial charge >= 0.3 is 0 Å². The van der Waals surface area contributed by atoms with Crippen molar-refractivity contribution in [3.05, 3.63) is 12.5 Å². The molecule has 1 aliphatic heterocycles. The molecule has 2 N–H and O–H groups in total. The van der Waals surface area contributed by atoms with Crippen molar-refractivity contribution in [3.63, 3.8) is 0 Å². The minimum atomic E-state index is -3.60. The molecule has 0 aromatic carbocycles. The summed E-state index contributed by atoms with van der Waals surface area (Å²) in [6, 6.07) is -0.526. The Bertz CT molecular complexity index is 430. The largest absolute Gasteiger partial charge is 0.395 e. The quantitative estimate of drug-likeness (QED) is 0.699. The number of sulfonamides is 1. The first kappa shape index (κ1) is 11.5. The molecule has 0 radical (unpaired) electrons. The van der Waals surface area contributed by atoms with Gasteiger partial charge in [0.2, 0.25) is 0 Å².